The van der Waals surface area contributed by atoms with Gasteiger partial charge in [0.1, 0.15) is 13.2 Å². The molecule has 0 bridgehead atoms. The molecule has 0 heterocycles. The Labute approximate surface area is 374 Å². The van der Waals surface area contributed by atoms with Crippen LogP contribution in [0.2, 0.25) is 0 Å². The molecule has 0 N–H and O–H groups in total. The molecule has 60 heavy (non-hydrogen) atoms. The van der Waals surface area contributed by atoms with Gasteiger partial charge < -0.3 is 14.2 Å². The highest BCUT2D eigenvalue weighted by molar-refractivity contribution is 5.71. The topological polar surface area (TPSA) is 78.9 Å². The molecule has 0 aromatic heterocycles. The Balaban J connectivity index is 4.26. The van der Waals surface area contributed by atoms with Crippen molar-refractivity contribution in [3.05, 3.63) is 0 Å². The molecule has 0 aromatic rings. The summed E-state index contributed by atoms with van der Waals surface area (Å²) in [4.78, 5) is 37.9. The molecule has 1 unspecified atom stereocenters. The van der Waals surface area contributed by atoms with Crippen LogP contribution < -0.4 is 0 Å². The number of ether oxygens (including phenoxy) is 3. The summed E-state index contributed by atoms with van der Waals surface area (Å²) >= 11 is 0. The van der Waals surface area contributed by atoms with E-state index < -0.39 is 6.10 Å². The van der Waals surface area contributed by atoms with E-state index in [4.69, 9.17) is 14.2 Å². The SMILES string of the molecule is CCCCCCCCCCCCCCCCCCCCC(=O)OC[C@H](COC(=O)CCCCCCCCC(C)CC)OC(=O)CCCCCCCCCCCCCC(C)C. The van der Waals surface area contributed by atoms with Crippen LogP contribution >= 0.6 is 0 Å². The van der Waals surface area contributed by atoms with E-state index in [0.29, 0.717) is 19.3 Å². The molecule has 356 valence electrons. The Morgan fingerprint density at radius 2 is 0.633 bits per heavy atom. The van der Waals surface area contributed by atoms with Crippen molar-refractivity contribution >= 4 is 17.9 Å². The van der Waals surface area contributed by atoms with E-state index in [1.807, 2.05) is 0 Å². The maximum Gasteiger partial charge on any atom is 0.306 e. The molecule has 0 saturated heterocycles. The van der Waals surface area contributed by atoms with E-state index >= 15 is 0 Å². The Morgan fingerprint density at radius 1 is 0.350 bits per heavy atom. The van der Waals surface area contributed by atoms with Crippen molar-refractivity contribution in [2.75, 3.05) is 13.2 Å². The lowest BCUT2D eigenvalue weighted by atomic mass is 10.00. The monoisotopic (exact) mass is 849 g/mol. The van der Waals surface area contributed by atoms with Gasteiger partial charge in [0.15, 0.2) is 6.10 Å². The van der Waals surface area contributed by atoms with E-state index in [0.717, 1.165) is 69.6 Å². The number of hydrogen-bond donors (Lipinski definition) is 0. The van der Waals surface area contributed by atoms with Crippen molar-refractivity contribution in [3.63, 3.8) is 0 Å². The van der Waals surface area contributed by atoms with Gasteiger partial charge in [-0.2, -0.15) is 0 Å². The number of carbonyl (C=O) groups excluding carboxylic acids is 3. The highest BCUT2D eigenvalue weighted by Crippen LogP contribution is 2.18. The molecule has 0 aliphatic carbocycles. The molecule has 0 spiro atoms. The molecule has 0 amide bonds. The third kappa shape index (κ3) is 45.9. The second-order valence-corrected chi connectivity index (χ2v) is 19.2. The van der Waals surface area contributed by atoms with Crippen LogP contribution in [-0.2, 0) is 28.6 Å². The van der Waals surface area contributed by atoms with Gasteiger partial charge in [-0.05, 0) is 31.1 Å². The second kappa shape index (κ2) is 46.9. The smallest absolute Gasteiger partial charge is 0.306 e. The van der Waals surface area contributed by atoms with Crippen molar-refractivity contribution in [3.8, 4) is 0 Å². The van der Waals surface area contributed by atoms with E-state index in [-0.39, 0.29) is 31.1 Å². The van der Waals surface area contributed by atoms with Gasteiger partial charge in [-0.1, -0.05) is 259 Å². The average molecular weight is 849 g/mol. The molecule has 0 aromatic carbocycles. The summed E-state index contributed by atoms with van der Waals surface area (Å²) in [7, 11) is 0. The summed E-state index contributed by atoms with van der Waals surface area (Å²) in [6.07, 6.45) is 48.1. The van der Waals surface area contributed by atoms with Crippen molar-refractivity contribution < 1.29 is 28.6 Å². The fourth-order valence-corrected chi connectivity index (χ4v) is 8.13. The first-order valence-electron chi connectivity index (χ1n) is 26.8. The lowest BCUT2D eigenvalue weighted by Crippen LogP contribution is -2.30. The second-order valence-electron chi connectivity index (χ2n) is 19.2. The highest BCUT2D eigenvalue weighted by Gasteiger charge is 2.19. The summed E-state index contributed by atoms with van der Waals surface area (Å²) in [5.74, 6) is 0.789. The molecule has 6 heteroatoms. The zero-order chi connectivity index (χ0) is 44.0. The van der Waals surface area contributed by atoms with Crippen LogP contribution in [0.4, 0.5) is 0 Å². The molecular formula is C54H104O6. The van der Waals surface area contributed by atoms with E-state index in [2.05, 4.69) is 34.6 Å². The van der Waals surface area contributed by atoms with Crippen molar-refractivity contribution in [2.24, 2.45) is 11.8 Å². The Morgan fingerprint density at radius 3 is 0.950 bits per heavy atom. The van der Waals surface area contributed by atoms with Gasteiger partial charge in [0.05, 0.1) is 0 Å². The van der Waals surface area contributed by atoms with Crippen LogP contribution in [0.5, 0.6) is 0 Å². The van der Waals surface area contributed by atoms with Crippen molar-refractivity contribution in [1.29, 1.82) is 0 Å². The first-order valence-corrected chi connectivity index (χ1v) is 26.8. The van der Waals surface area contributed by atoms with Gasteiger partial charge in [-0.25, -0.2) is 0 Å². The van der Waals surface area contributed by atoms with Crippen LogP contribution in [-0.4, -0.2) is 37.2 Å². The van der Waals surface area contributed by atoms with Crippen LogP contribution in [0.3, 0.4) is 0 Å². The number of esters is 3. The van der Waals surface area contributed by atoms with Crippen LogP contribution in [0.1, 0.15) is 298 Å². The van der Waals surface area contributed by atoms with Crippen LogP contribution in [0.25, 0.3) is 0 Å². The first-order chi connectivity index (χ1) is 29.3. The highest BCUT2D eigenvalue weighted by atomic mass is 16.6. The minimum Gasteiger partial charge on any atom is -0.462 e. The van der Waals surface area contributed by atoms with E-state index in [1.165, 1.54) is 186 Å². The Kier molecular flexibility index (Phi) is 45.7. The predicted octanol–water partition coefficient (Wildman–Crippen LogP) is 17.3. The Hall–Kier alpha value is -1.59. The van der Waals surface area contributed by atoms with Crippen LogP contribution in [0.15, 0.2) is 0 Å². The Bertz CT molecular complexity index is 918. The van der Waals surface area contributed by atoms with Gasteiger partial charge in [0.25, 0.3) is 0 Å². The van der Waals surface area contributed by atoms with Gasteiger partial charge in [0, 0.05) is 19.3 Å². The molecule has 0 saturated carbocycles. The zero-order valence-electron chi connectivity index (χ0n) is 41.1. The van der Waals surface area contributed by atoms with Crippen LogP contribution in [0, 0.1) is 11.8 Å². The molecular weight excluding hydrogens is 745 g/mol. The molecule has 0 aliphatic rings. The molecule has 0 rings (SSSR count). The minimum atomic E-state index is -0.762. The number of carbonyl (C=O) groups is 3. The third-order valence-corrected chi connectivity index (χ3v) is 12.6. The van der Waals surface area contributed by atoms with Crippen molar-refractivity contribution in [1.82, 2.24) is 0 Å². The van der Waals surface area contributed by atoms with Gasteiger partial charge in [-0.3, -0.25) is 14.4 Å². The summed E-state index contributed by atoms with van der Waals surface area (Å²) in [6, 6.07) is 0. The number of rotatable bonds is 48. The molecule has 0 aliphatic heterocycles. The molecule has 2 atom stereocenters. The normalized spacial score (nSPS) is 12.5. The maximum atomic E-state index is 12.8. The van der Waals surface area contributed by atoms with Gasteiger partial charge in [0.2, 0.25) is 0 Å². The standard InChI is InChI=1S/C54H104O6/c1-6-8-9-10-11-12-13-14-15-16-17-18-19-22-25-28-34-39-44-52(55)58-47-51(48-59-53(56)45-40-35-31-30-33-38-43-50(5)7-2)60-54(57)46-41-36-29-26-23-20-21-24-27-32-37-42-49(3)4/h49-51H,6-48H2,1-5H3/t50?,51-/m1/s1. The number of unbranched alkanes of at least 4 members (excludes halogenated alkanes) is 32. The summed E-state index contributed by atoms with van der Waals surface area (Å²) in [5.41, 5.74) is 0. The largest absolute Gasteiger partial charge is 0.462 e. The lowest BCUT2D eigenvalue weighted by molar-refractivity contribution is -0.167. The summed E-state index contributed by atoms with van der Waals surface area (Å²) in [6.45, 7) is 11.4. The summed E-state index contributed by atoms with van der Waals surface area (Å²) in [5, 5.41) is 0. The molecule has 0 fully saturated rings. The van der Waals surface area contributed by atoms with Crippen molar-refractivity contribution in [2.45, 2.75) is 304 Å². The van der Waals surface area contributed by atoms with E-state index in [1.54, 1.807) is 0 Å². The zero-order valence-corrected chi connectivity index (χ0v) is 41.1. The average Bonchev–Trinajstić information content (AvgIpc) is 3.23. The van der Waals surface area contributed by atoms with Gasteiger partial charge in [-0.15, -0.1) is 0 Å². The van der Waals surface area contributed by atoms with E-state index in [9.17, 15) is 14.4 Å². The first kappa shape index (κ1) is 58.4. The number of hydrogen-bond acceptors (Lipinski definition) is 6. The van der Waals surface area contributed by atoms with Gasteiger partial charge >= 0.3 is 17.9 Å². The summed E-state index contributed by atoms with van der Waals surface area (Å²) < 4.78 is 16.8. The molecule has 0 radical (unpaired) electrons. The maximum absolute atomic E-state index is 12.8. The fraction of sp³-hybridized carbons (Fsp3) is 0.944. The lowest BCUT2D eigenvalue weighted by Gasteiger charge is -2.18. The molecule has 6 nitrogen and oxygen atoms in total. The fourth-order valence-electron chi connectivity index (χ4n) is 8.13. The third-order valence-electron chi connectivity index (χ3n) is 12.6. The predicted molar refractivity (Wildman–Crippen MR) is 256 cm³/mol. The quantitative estimate of drug-likeness (QED) is 0.0345. The minimum absolute atomic E-state index is 0.0642.